The molecule has 1 aliphatic rings. The fourth-order valence-electron chi connectivity index (χ4n) is 1.97. The summed E-state index contributed by atoms with van der Waals surface area (Å²) >= 11 is 0. The highest BCUT2D eigenvalue weighted by molar-refractivity contribution is 7.89. The topological polar surface area (TPSA) is 98.6 Å². The van der Waals surface area contributed by atoms with Crippen LogP contribution in [0.2, 0.25) is 0 Å². The minimum Gasteiger partial charge on any atom is -0.396 e. The molecule has 0 heterocycles. The number of anilines is 2. The van der Waals surface area contributed by atoms with Crippen LogP contribution < -0.4 is 15.8 Å². The Balaban J connectivity index is 1.99. The molecule has 20 heavy (non-hydrogen) atoms. The monoisotopic (exact) mass is 299 g/mol. The normalized spacial score (nSPS) is 15.3. The molecule has 1 aromatic rings. The number of primary sulfonamides is 1. The molecule has 6 nitrogen and oxygen atoms in total. The minimum atomic E-state index is -3.80. The summed E-state index contributed by atoms with van der Waals surface area (Å²) in [6, 6.07) is 4.81. The first-order valence-corrected chi connectivity index (χ1v) is 8.14. The van der Waals surface area contributed by atoms with Crippen LogP contribution >= 0.6 is 0 Å². The van der Waals surface area contributed by atoms with Crippen molar-refractivity contribution in [2.75, 3.05) is 37.4 Å². The third-order valence-corrected chi connectivity index (χ3v) is 4.35. The third-order valence-electron chi connectivity index (χ3n) is 3.38. The molecule has 1 aromatic carbocycles. The van der Waals surface area contributed by atoms with E-state index in [4.69, 9.17) is 15.6 Å². The van der Waals surface area contributed by atoms with Crippen LogP contribution in [0.15, 0.2) is 23.1 Å². The second-order valence-electron chi connectivity index (χ2n) is 5.17. The number of nitrogen functional groups attached to an aromatic ring is 1. The summed E-state index contributed by atoms with van der Waals surface area (Å²) in [7, 11) is -1.95. The standard InChI is InChI=1S/C13H21N3O3S/c1-16(7-8-19-9-10-5-6-10)11-3-2-4-12(13(11)14)20(15,17)18/h2-4,10H,5-9,14H2,1H3,(H2,15,17,18). The van der Waals surface area contributed by atoms with Gasteiger partial charge in [-0.1, -0.05) is 6.07 Å². The molecule has 0 amide bonds. The van der Waals surface area contributed by atoms with Gasteiger partial charge in [0.1, 0.15) is 4.90 Å². The van der Waals surface area contributed by atoms with Gasteiger partial charge in [0, 0.05) is 20.2 Å². The summed E-state index contributed by atoms with van der Waals surface area (Å²) in [5.41, 5.74) is 6.72. The van der Waals surface area contributed by atoms with Crippen LogP contribution in [0.4, 0.5) is 11.4 Å². The lowest BCUT2D eigenvalue weighted by molar-refractivity contribution is 0.131. The van der Waals surface area contributed by atoms with E-state index in [1.165, 1.54) is 18.9 Å². The van der Waals surface area contributed by atoms with Gasteiger partial charge in [0.05, 0.1) is 18.0 Å². The number of ether oxygens (including phenoxy) is 1. The summed E-state index contributed by atoms with van der Waals surface area (Å²) in [5.74, 6) is 0.732. The van der Waals surface area contributed by atoms with Crippen LogP contribution in [0.1, 0.15) is 12.8 Å². The van der Waals surface area contributed by atoms with Gasteiger partial charge in [0.25, 0.3) is 0 Å². The molecule has 2 rings (SSSR count). The van der Waals surface area contributed by atoms with Crippen molar-refractivity contribution in [3.8, 4) is 0 Å². The molecular formula is C13H21N3O3S. The molecule has 1 fully saturated rings. The lowest BCUT2D eigenvalue weighted by Gasteiger charge is -2.22. The number of rotatable bonds is 7. The number of hydrogen-bond acceptors (Lipinski definition) is 5. The summed E-state index contributed by atoms with van der Waals surface area (Å²) in [4.78, 5) is 1.83. The molecule has 0 aliphatic heterocycles. The van der Waals surface area contributed by atoms with Gasteiger partial charge < -0.3 is 15.4 Å². The minimum absolute atomic E-state index is 0.0410. The first-order valence-electron chi connectivity index (χ1n) is 6.59. The number of nitrogens with two attached hydrogens (primary N) is 2. The first-order chi connectivity index (χ1) is 9.39. The van der Waals surface area contributed by atoms with Gasteiger partial charge in [-0.15, -0.1) is 0 Å². The number of sulfonamides is 1. The molecule has 0 atom stereocenters. The highest BCUT2D eigenvalue weighted by Gasteiger charge is 2.21. The Labute approximate surface area is 119 Å². The number of likely N-dealkylation sites (N-methyl/N-ethyl adjacent to an activating group) is 1. The van der Waals surface area contributed by atoms with Crippen LogP contribution in [-0.4, -0.2) is 35.2 Å². The summed E-state index contributed by atoms with van der Waals surface area (Å²) in [5, 5.41) is 5.14. The largest absolute Gasteiger partial charge is 0.396 e. The molecule has 0 saturated heterocycles. The van der Waals surface area contributed by atoms with Crippen molar-refractivity contribution in [3.63, 3.8) is 0 Å². The highest BCUT2D eigenvalue weighted by atomic mass is 32.2. The van der Waals surface area contributed by atoms with Crippen molar-refractivity contribution in [1.82, 2.24) is 0 Å². The Hall–Kier alpha value is -1.31. The van der Waals surface area contributed by atoms with Crippen LogP contribution in [-0.2, 0) is 14.8 Å². The highest BCUT2D eigenvalue weighted by Crippen LogP contribution is 2.29. The van der Waals surface area contributed by atoms with Gasteiger partial charge in [-0.05, 0) is 30.9 Å². The van der Waals surface area contributed by atoms with E-state index < -0.39 is 10.0 Å². The Morgan fingerprint density at radius 1 is 1.40 bits per heavy atom. The molecule has 1 saturated carbocycles. The van der Waals surface area contributed by atoms with E-state index in [-0.39, 0.29) is 10.6 Å². The molecule has 7 heteroatoms. The van der Waals surface area contributed by atoms with E-state index in [9.17, 15) is 8.42 Å². The Morgan fingerprint density at radius 3 is 2.70 bits per heavy atom. The summed E-state index contributed by atoms with van der Waals surface area (Å²) < 4.78 is 28.4. The predicted molar refractivity (Wildman–Crippen MR) is 79.0 cm³/mol. The van der Waals surface area contributed by atoms with Crippen molar-refractivity contribution in [2.45, 2.75) is 17.7 Å². The van der Waals surface area contributed by atoms with E-state index in [0.717, 1.165) is 12.5 Å². The SMILES string of the molecule is CN(CCOCC1CC1)c1cccc(S(N)(=O)=O)c1N. The Kier molecular flexibility index (Phi) is 4.52. The Morgan fingerprint density at radius 2 is 2.10 bits per heavy atom. The predicted octanol–water partition coefficient (Wildman–Crippen LogP) is 0.779. The van der Waals surface area contributed by atoms with Crippen LogP contribution in [0.5, 0.6) is 0 Å². The quantitative estimate of drug-likeness (QED) is 0.572. The molecule has 0 bridgehead atoms. The van der Waals surface area contributed by atoms with Crippen LogP contribution in [0.3, 0.4) is 0 Å². The maximum atomic E-state index is 11.4. The Bertz CT molecular complexity index is 570. The fourth-order valence-corrected chi connectivity index (χ4v) is 2.65. The van der Waals surface area contributed by atoms with Gasteiger partial charge in [-0.3, -0.25) is 0 Å². The maximum Gasteiger partial charge on any atom is 0.240 e. The van der Waals surface area contributed by atoms with Gasteiger partial charge in [0.15, 0.2) is 0 Å². The van der Waals surface area contributed by atoms with Crippen molar-refractivity contribution >= 4 is 21.4 Å². The first kappa shape index (κ1) is 15.1. The average Bonchev–Trinajstić information content (AvgIpc) is 3.17. The zero-order chi connectivity index (χ0) is 14.8. The lowest BCUT2D eigenvalue weighted by atomic mass is 10.2. The fraction of sp³-hybridized carbons (Fsp3) is 0.538. The van der Waals surface area contributed by atoms with Crippen molar-refractivity contribution in [2.24, 2.45) is 11.1 Å². The zero-order valence-electron chi connectivity index (χ0n) is 11.6. The number of benzene rings is 1. The molecule has 0 spiro atoms. The van der Waals surface area contributed by atoms with Crippen molar-refractivity contribution in [1.29, 1.82) is 0 Å². The molecule has 0 unspecified atom stereocenters. The maximum absolute atomic E-state index is 11.4. The number of para-hydroxylation sites is 1. The average molecular weight is 299 g/mol. The van der Waals surface area contributed by atoms with Gasteiger partial charge in [-0.2, -0.15) is 0 Å². The van der Waals surface area contributed by atoms with E-state index in [1.54, 1.807) is 12.1 Å². The van der Waals surface area contributed by atoms with E-state index in [1.807, 2.05) is 11.9 Å². The molecule has 0 aromatic heterocycles. The summed E-state index contributed by atoms with van der Waals surface area (Å²) in [6.45, 7) is 2.04. The zero-order valence-corrected chi connectivity index (χ0v) is 12.4. The van der Waals surface area contributed by atoms with Crippen molar-refractivity contribution < 1.29 is 13.2 Å². The van der Waals surface area contributed by atoms with E-state index in [2.05, 4.69) is 0 Å². The van der Waals surface area contributed by atoms with Crippen LogP contribution in [0, 0.1) is 5.92 Å². The lowest BCUT2D eigenvalue weighted by Crippen LogP contribution is -2.25. The van der Waals surface area contributed by atoms with E-state index in [0.29, 0.717) is 18.8 Å². The summed E-state index contributed by atoms with van der Waals surface area (Å²) in [6.07, 6.45) is 2.53. The molecule has 112 valence electrons. The second-order valence-corrected chi connectivity index (χ2v) is 6.70. The van der Waals surface area contributed by atoms with Gasteiger partial charge in [-0.25, -0.2) is 13.6 Å². The number of hydrogen-bond donors (Lipinski definition) is 2. The number of nitrogens with zero attached hydrogens (tertiary/aromatic N) is 1. The molecule has 4 N–H and O–H groups in total. The van der Waals surface area contributed by atoms with Gasteiger partial charge in [0.2, 0.25) is 10.0 Å². The third kappa shape index (κ3) is 3.84. The second kappa shape index (κ2) is 5.99. The molecular weight excluding hydrogens is 278 g/mol. The molecule has 1 aliphatic carbocycles. The van der Waals surface area contributed by atoms with Gasteiger partial charge >= 0.3 is 0 Å². The smallest absolute Gasteiger partial charge is 0.240 e. The molecule has 0 radical (unpaired) electrons. The van der Waals surface area contributed by atoms with Crippen molar-refractivity contribution in [3.05, 3.63) is 18.2 Å². The van der Waals surface area contributed by atoms with E-state index >= 15 is 0 Å². The van der Waals surface area contributed by atoms with Crippen LogP contribution in [0.25, 0.3) is 0 Å².